The van der Waals surface area contributed by atoms with Crippen LogP contribution in [-0.2, 0) is 0 Å². The van der Waals surface area contributed by atoms with Gasteiger partial charge >= 0.3 is 0 Å². The predicted octanol–water partition coefficient (Wildman–Crippen LogP) is 2.29. The molecule has 4 rings (SSSR count). The Labute approximate surface area is 139 Å². The Balaban J connectivity index is 1.33. The minimum absolute atomic E-state index is 0.418. The molecule has 1 aliphatic carbocycles. The number of nitrogens with one attached hydrogen (secondary N) is 1. The smallest absolute Gasteiger partial charge is 0.218 e. The zero-order valence-electron chi connectivity index (χ0n) is 13.1. The molecule has 0 atom stereocenters. The highest BCUT2D eigenvalue weighted by Crippen LogP contribution is 2.42. The summed E-state index contributed by atoms with van der Waals surface area (Å²) >= 11 is 1.77. The number of hydrogen-bond donors (Lipinski definition) is 1. The van der Waals surface area contributed by atoms with Crippen LogP contribution < -0.4 is 15.0 Å². The van der Waals surface area contributed by atoms with Crippen LogP contribution in [0.2, 0.25) is 0 Å². The van der Waals surface area contributed by atoms with E-state index in [-0.39, 0.29) is 0 Å². The number of hydrogen-bond acceptors (Lipinski definition) is 8. The molecule has 2 aromatic rings. The molecule has 0 bridgehead atoms. The van der Waals surface area contributed by atoms with E-state index in [9.17, 15) is 0 Å². The van der Waals surface area contributed by atoms with Gasteiger partial charge in [0.15, 0.2) is 0 Å². The number of anilines is 2. The predicted molar refractivity (Wildman–Crippen MR) is 89.3 cm³/mol. The fourth-order valence-electron chi connectivity index (χ4n) is 2.80. The number of rotatable bonds is 5. The molecule has 0 spiro atoms. The Kier molecular flexibility index (Phi) is 3.99. The Morgan fingerprint density at radius 3 is 2.74 bits per heavy atom. The SMILES string of the molecule is COc1cc(NC2CCN(c3nnc(C4CC4)s3)CC2)ncn1. The number of ether oxygens (including phenoxy) is 1. The van der Waals surface area contributed by atoms with Crippen molar-refractivity contribution in [3.63, 3.8) is 0 Å². The summed E-state index contributed by atoms with van der Waals surface area (Å²) in [5, 5.41) is 14.5. The van der Waals surface area contributed by atoms with Crippen molar-refractivity contribution in [3.05, 3.63) is 17.4 Å². The van der Waals surface area contributed by atoms with Gasteiger partial charge in [-0.2, -0.15) is 0 Å². The summed E-state index contributed by atoms with van der Waals surface area (Å²) in [6.07, 6.45) is 6.21. The van der Waals surface area contributed by atoms with E-state index in [2.05, 4.69) is 30.4 Å². The molecule has 0 aromatic carbocycles. The first-order valence-corrected chi connectivity index (χ1v) is 8.84. The van der Waals surface area contributed by atoms with Crippen molar-refractivity contribution in [2.75, 3.05) is 30.4 Å². The van der Waals surface area contributed by atoms with Crippen LogP contribution in [0, 0.1) is 0 Å². The van der Waals surface area contributed by atoms with Gasteiger partial charge in [-0.15, -0.1) is 10.2 Å². The van der Waals surface area contributed by atoms with Gasteiger partial charge in [0.25, 0.3) is 0 Å². The van der Waals surface area contributed by atoms with E-state index in [0.717, 1.165) is 36.9 Å². The zero-order valence-corrected chi connectivity index (χ0v) is 13.9. The van der Waals surface area contributed by atoms with E-state index in [1.54, 1.807) is 18.4 Å². The van der Waals surface area contributed by atoms with Gasteiger partial charge < -0.3 is 15.0 Å². The van der Waals surface area contributed by atoms with Crippen molar-refractivity contribution in [1.82, 2.24) is 20.2 Å². The summed E-state index contributed by atoms with van der Waals surface area (Å²) in [6.45, 7) is 2.00. The van der Waals surface area contributed by atoms with Crippen LogP contribution in [0.3, 0.4) is 0 Å². The van der Waals surface area contributed by atoms with E-state index >= 15 is 0 Å². The van der Waals surface area contributed by atoms with Gasteiger partial charge in [0.05, 0.1) is 7.11 Å². The lowest BCUT2D eigenvalue weighted by molar-refractivity contribution is 0.397. The highest BCUT2D eigenvalue weighted by atomic mass is 32.1. The number of methoxy groups -OCH3 is 1. The second-order valence-electron chi connectivity index (χ2n) is 6.05. The summed E-state index contributed by atoms with van der Waals surface area (Å²) in [5.74, 6) is 2.09. The van der Waals surface area contributed by atoms with Gasteiger partial charge in [-0.05, 0) is 25.7 Å². The second-order valence-corrected chi connectivity index (χ2v) is 7.04. The molecule has 8 heteroatoms. The maximum Gasteiger partial charge on any atom is 0.218 e. The minimum Gasteiger partial charge on any atom is -0.481 e. The third-order valence-corrected chi connectivity index (χ3v) is 5.47. The zero-order chi connectivity index (χ0) is 15.6. The van der Waals surface area contributed by atoms with Crippen molar-refractivity contribution in [2.45, 2.75) is 37.6 Å². The Hall–Kier alpha value is -1.96. The number of aromatic nitrogens is 4. The molecule has 1 saturated heterocycles. The Bertz CT molecular complexity index is 665. The molecule has 2 fully saturated rings. The molecular formula is C15H20N6OS. The standard InChI is InChI=1S/C15H20N6OS/c1-22-13-8-12(16-9-17-13)18-11-4-6-21(7-5-11)15-20-19-14(23-15)10-2-3-10/h8-11H,2-7H2,1H3,(H,16,17,18). The molecule has 0 amide bonds. The van der Waals surface area contributed by atoms with Gasteiger partial charge in [0.2, 0.25) is 11.0 Å². The van der Waals surface area contributed by atoms with Gasteiger partial charge in [-0.1, -0.05) is 11.3 Å². The largest absolute Gasteiger partial charge is 0.481 e. The van der Waals surface area contributed by atoms with Crippen LogP contribution in [0.4, 0.5) is 10.9 Å². The molecule has 1 saturated carbocycles. The van der Waals surface area contributed by atoms with Crippen LogP contribution in [0.1, 0.15) is 36.6 Å². The van der Waals surface area contributed by atoms with Gasteiger partial charge in [0.1, 0.15) is 17.2 Å². The number of nitrogens with zero attached hydrogens (tertiary/aromatic N) is 5. The van der Waals surface area contributed by atoms with Crippen molar-refractivity contribution in [3.8, 4) is 5.88 Å². The molecule has 1 aliphatic heterocycles. The minimum atomic E-state index is 0.418. The van der Waals surface area contributed by atoms with Crippen molar-refractivity contribution in [2.24, 2.45) is 0 Å². The maximum atomic E-state index is 5.13. The molecule has 1 N–H and O–H groups in total. The van der Waals surface area contributed by atoms with E-state index in [1.165, 1.54) is 24.2 Å². The average molecular weight is 332 g/mol. The van der Waals surface area contributed by atoms with Gasteiger partial charge in [0, 0.05) is 31.1 Å². The summed E-state index contributed by atoms with van der Waals surface area (Å²) < 4.78 is 5.13. The molecule has 0 unspecified atom stereocenters. The third-order valence-electron chi connectivity index (χ3n) is 4.33. The molecule has 0 radical (unpaired) electrons. The fourth-order valence-corrected chi connectivity index (χ4v) is 3.87. The highest BCUT2D eigenvalue weighted by molar-refractivity contribution is 7.15. The molecule has 3 heterocycles. The van der Waals surface area contributed by atoms with Gasteiger partial charge in [-0.25, -0.2) is 9.97 Å². The van der Waals surface area contributed by atoms with Crippen molar-refractivity contribution in [1.29, 1.82) is 0 Å². The van der Waals surface area contributed by atoms with Crippen molar-refractivity contribution >= 4 is 22.3 Å². The fraction of sp³-hybridized carbons (Fsp3) is 0.600. The van der Waals surface area contributed by atoms with E-state index in [0.29, 0.717) is 17.8 Å². The summed E-state index contributed by atoms with van der Waals surface area (Å²) in [6, 6.07) is 2.25. The molecule has 2 aliphatic rings. The normalized spacial score (nSPS) is 18.9. The van der Waals surface area contributed by atoms with Crippen LogP contribution in [-0.4, -0.2) is 46.4 Å². The van der Waals surface area contributed by atoms with E-state index < -0.39 is 0 Å². The quantitative estimate of drug-likeness (QED) is 0.900. The first-order valence-electron chi connectivity index (χ1n) is 8.03. The lowest BCUT2D eigenvalue weighted by Crippen LogP contribution is -2.39. The molecule has 2 aromatic heterocycles. The first kappa shape index (κ1) is 14.6. The number of piperidine rings is 1. The summed E-state index contributed by atoms with van der Waals surface area (Å²) in [5.41, 5.74) is 0. The third kappa shape index (κ3) is 3.36. The average Bonchev–Trinajstić information content (AvgIpc) is 3.33. The molecular weight excluding hydrogens is 312 g/mol. The first-order chi connectivity index (χ1) is 11.3. The van der Waals surface area contributed by atoms with Crippen LogP contribution in [0.5, 0.6) is 5.88 Å². The van der Waals surface area contributed by atoms with Crippen LogP contribution in [0.15, 0.2) is 12.4 Å². The van der Waals surface area contributed by atoms with Gasteiger partial charge in [-0.3, -0.25) is 0 Å². The van der Waals surface area contributed by atoms with Crippen LogP contribution >= 0.6 is 11.3 Å². The van der Waals surface area contributed by atoms with Crippen molar-refractivity contribution < 1.29 is 4.74 Å². The summed E-state index contributed by atoms with van der Waals surface area (Å²) in [7, 11) is 1.61. The summed E-state index contributed by atoms with van der Waals surface area (Å²) in [4.78, 5) is 10.6. The topological polar surface area (TPSA) is 76.1 Å². The van der Waals surface area contributed by atoms with Crippen LogP contribution in [0.25, 0.3) is 0 Å². The van der Waals surface area contributed by atoms with E-state index in [4.69, 9.17) is 4.74 Å². The molecule has 23 heavy (non-hydrogen) atoms. The maximum absolute atomic E-state index is 5.13. The molecule has 122 valence electrons. The van der Waals surface area contributed by atoms with E-state index in [1.807, 2.05) is 6.07 Å². The molecule has 7 nitrogen and oxygen atoms in total. The lowest BCUT2D eigenvalue weighted by Gasteiger charge is -2.32. The Morgan fingerprint density at radius 2 is 2.00 bits per heavy atom. The monoisotopic (exact) mass is 332 g/mol. The second kappa shape index (κ2) is 6.27. The highest BCUT2D eigenvalue weighted by Gasteiger charge is 2.29. The Morgan fingerprint density at radius 1 is 1.17 bits per heavy atom. The lowest BCUT2D eigenvalue weighted by atomic mass is 10.1.